The molecule has 1 fully saturated rings. The van der Waals surface area contributed by atoms with Gasteiger partial charge in [-0.05, 0) is 50.0 Å². The van der Waals surface area contributed by atoms with Crippen LogP contribution in [0.5, 0.6) is 0 Å². The molecule has 0 aromatic rings. The number of rotatable bonds is 3. The first kappa shape index (κ1) is 8.95. The summed E-state index contributed by atoms with van der Waals surface area (Å²) in [4.78, 5) is 11.7. The third-order valence-electron chi connectivity index (χ3n) is 2.94. The lowest BCUT2D eigenvalue weighted by Gasteiger charge is -2.14. The maximum atomic E-state index is 11.7. The Morgan fingerprint density at radius 3 is 2.77 bits per heavy atom. The number of Topliss-reactive ketones (excluding diaryl/α,β-unsaturated/α-hetero) is 1. The van der Waals surface area contributed by atoms with Crippen LogP contribution in [0.15, 0.2) is 11.6 Å². The zero-order chi connectivity index (χ0) is 9.26. The molecular weight excluding hydrogens is 164 g/mol. The molecule has 0 aliphatic heterocycles. The van der Waals surface area contributed by atoms with Crippen molar-refractivity contribution < 1.29 is 9.90 Å². The van der Waals surface area contributed by atoms with Crippen LogP contribution in [0.2, 0.25) is 0 Å². The number of carbonyl (C=O) groups is 1. The number of allylic oxidation sites excluding steroid dienone is 1. The molecule has 0 radical (unpaired) electrons. The second-order valence-electron chi connectivity index (χ2n) is 4.12. The van der Waals surface area contributed by atoms with Gasteiger partial charge in [-0.2, -0.15) is 0 Å². The summed E-state index contributed by atoms with van der Waals surface area (Å²) >= 11 is 0. The Kier molecular flexibility index (Phi) is 2.49. The number of aliphatic hydroxyl groups excluding tert-OH is 1. The van der Waals surface area contributed by atoms with E-state index in [9.17, 15) is 9.90 Å². The van der Waals surface area contributed by atoms with E-state index in [1.807, 2.05) is 6.08 Å². The molecule has 2 aliphatic rings. The standard InChI is InChI=1S/C11H16O2/c12-10(11(13)9-6-7-9)8-4-2-1-3-5-8/h4,9,11,13H,1-3,5-7H2. The van der Waals surface area contributed by atoms with E-state index in [4.69, 9.17) is 0 Å². The van der Waals surface area contributed by atoms with Crippen LogP contribution in [0, 0.1) is 5.92 Å². The van der Waals surface area contributed by atoms with Gasteiger partial charge in [0.1, 0.15) is 6.10 Å². The van der Waals surface area contributed by atoms with Crippen LogP contribution in [0.4, 0.5) is 0 Å². The van der Waals surface area contributed by atoms with E-state index in [1.54, 1.807) is 0 Å². The average Bonchev–Trinajstić information content (AvgIpc) is 3.00. The van der Waals surface area contributed by atoms with Crippen molar-refractivity contribution >= 4 is 5.78 Å². The van der Waals surface area contributed by atoms with E-state index in [-0.39, 0.29) is 11.7 Å². The molecular formula is C11H16O2. The number of hydrogen-bond donors (Lipinski definition) is 1. The number of aliphatic hydroxyl groups is 1. The van der Waals surface area contributed by atoms with Crippen LogP contribution in [-0.2, 0) is 4.79 Å². The fraction of sp³-hybridized carbons (Fsp3) is 0.727. The minimum Gasteiger partial charge on any atom is -0.385 e. The molecule has 1 saturated carbocycles. The van der Waals surface area contributed by atoms with E-state index < -0.39 is 6.10 Å². The highest BCUT2D eigenvalue weighted by Crippen LogP contribution is 2.34. The molecule has 13 heavy (non-hydrogen) atoms. The molecule has 0 amide bonds. The van der Waals surface area contributed by atoms with Crippen LogP contribution < -0.4 is 0 Å². The Hall–Kier alpha value is -0.630. The van der Waals surface area contributed by atoms with Gasteiger partial charge in [-0.1, -0.05) is 6.08 Å². The van der Waals surface area contributed by atoms with Crippen LogP contribution in [0.1, 0.15) is 38.5 Å². The zero-order valence-electron chi connectivity index (χ0n) is 7.83. The van der Waals surface area contributed by atoms with Gasteiger partial charge < -0.3 is 5.11 Å². The molecule has 1 unspecified atom stereocenters. The van der Waals surface area contributed by atoms with Crippen LogP contribution in [0.25, 0.3) is 0 Å². The van der Waals surface area contributed by atoms with Crippen LogP contribution in [0.3, 0.4) is 0 Å². The molecule has 0 spiro atoms. The molecule has 0 aromatic carbocycles. The Balaban J connectivity index is 1.98. The van der Waals surface area contributed by atoms with Crippen molar-refractivity contribution in [2.75, 3.05) is 0 Å². The summed E-state index contributed by atoms with van der Waals surface area (Å²) in [6, 6.07) is 0. The van der Waals surface area contributed by atoms with Gasteiger partial charge in [-0.25, -0.2) is 0 Å². The van der Waals surface area contributed by atoms with Gasteiger partial charge in [0.25, 0.3) is 0 Å². The third-order valence-corrected chi connectivity index (χ3v) is 2.94. The molecule has 0 aromatic heterocycles. The van der Waals surface area contributed by atoms with Crippen molar-refractivity contribution in [2.24, 2.45) is 5.92 Å². The molecule has 0 saturated heterocycles. The van der Waals surface area contributed by atoms with Gasteiger partial charge in [-0.3, -0.25) is 4.79 Å². The minimum absolute atomic E-state index is 0.00204. The SMILES string of the molecule is O=C(C1=CCCCC1)C(O)C1CC1. The largest absolute Gasteiger partial charge is 0.385 e. The lowest BCUT2D eigenvalue weighted by atomic mass is 9.93. The fourth-order valence-electron chi connectivity index (χ4n) is 1.88. The molecule has 1 atom stereocenters. The summed E-state index contributed by atoms with van der Waals surface area (Å²) in [6.07, 6.45) is 7.56. The second-order valence-corrected chi connectivity index (χ2v) is 4.12. The highest BCUT2D eigenvalue weighted by atomic mass is 16.3. The first-order valence-corrected chi connectivity index (χ1v) is 5.20. The number of ketones is 1. The van der Waals surface area contributed by atoms with Gasteiger partial charge >= 0.3 is 0 Å². The third kappa shape index (κ3) is 1.99. The van der Waals surface area contributed by atoms with Gasteiger partial charge in [0.05, 0.1) is 0 Å². The smallest absolute Gasteiger partial charge is 0.187 e. The maximum Gasteiger partial charge on any atom is 0.187 e. The Bertz CT molecular complexity index is 238. The van der Waals surface area contributed by atoms with Crippen molar-refractivity contribution in [3.05, 3.63) is 11.6 Å². The van der Waals surface area contributed by atoms with E-state index in [1.165, 1.54) is 6.42 Å². The van der Waals surface area contributed by atoms with Crippen LogP contribution >= 0.6 is 0 Å². The summed E-state index contributed by atoms with van der Waals surface area (Å²) in [5, 5.41) is 9.62. The van der Waals surface area contributed by atoms with Gasteiger partial charge in [0.2, 0.25) is 0 Å². The first-order chi connectivity index (χ1) is 6.29. The summed E-state index contributed by atoms with van der Waals surface area (Å²) < 4.78 is 0. The predicted octanol–water partition coefficient (Wildman–Crippen LogP) is 1.83. The Morgan fingerprint density at radius 1 is 1.46 bits per heavy atom. The van der Waals surface area contributed by atoms with Crippen molar-refractivity contribution in [1.29, 1.82) is 0 Å². The normalized spacial score (nSPS) is 25.2. The number of carbonyl (C=O) groups excluding carboxylic acids is 1. The molecule has 72 valence electrons. The zero-order valence-corrected chi connectivity index (χ0v) is 7.83. The van der Waals surface area contributed by atoms with Crippen molar-refractivity contribution in [3.8, 4) is 0 Å². The van der Waals surface area contributed by atoms with E-state index in [2.05, 4.69) is 0 Å². The molecule has 2 aliphatic carbocycles. The van der Waals surface area contributed by atoms with Gasteiger partial charge in [-0.15, -0.1) is 0 Å². The lowest BCUT2D eigenvalue weighted by molar-refractivity contribution is -0.124. The lowest BCUT2D eigenvalue weighted by Crippen LogP contribution is -2.24. The molecule has 1 N–H and O–H groups in total. The summed E-state index contributed by atoms with van der Waals surface area (Å²) in [7, 11) is 0. The van der Waals surface area contributed by atoms with Gasteiger partial charge in [0.15, 0.2) is 5.78 Å². The molecule has 2 rings (SSSR count). The predicted molar refractivity (Wildman–Crippen MR) is 50.3 cm³/mol. The van der Waals surface area contributed by atoms with Gasteiger partial charge in [0, 0.05) is 0 Å². The fourth-order valence-corrected chi connectivity index (χ4v) is 1.88. The van der Waals surface area contributed by atoms with Crippen molar-refractivity contribution in [2.45, 2.75) is 44.6 Å². The van der Waals surface area contributed by atoms with E-state index in [0.29, 0.717) is 0 Å². The van der Waals surface area contributed by atoms with E-state index in [0.717, 1.165) is 37.7 Å². The molecule has 0 bridgehead atoms. The quantitative estimate of drug-likeness (QED) is 0.719. The molecule has 2 nitrogen and oxygen atoms in total. The highest BCUT2D eigenvalue weighted by molar-refractivity contribution is 5.99. The summed E-state index contributed by atoms with van der Waals surface area (Å²) in [5.41, 5.74) is 0.880. The Morgan fingerprint density at radius 2 is 2.23 bits per heavy atom. The van der Waals surface area contributed by atoms with Crippen molar-refractivity contribution in [1.82, 2.24) is 0 Å². The second kappa shape index (κ2) is 3.62. The monoisotopic (exact) mass is 180 g/mol. The topological polar surface area (TPSA) is 37.3 Å². The summed E-state index contributed by atoms with van der Waals surface area (Å²) in [6.45, 7) is 0. The number of hydrogen-bond acceptors (Lipinski definition) is 2. The average molecular weight is 180 g/mol. The maximum absolute atomic E-state index is 11.7. The minimum atomic E-state index is -0.690. The Labute approximate surface area is 78.6 Å². The van der Waals surface area contributed by atoms with E-state index >= 15 is 0 Å². The molecule has 0 heterocycles. The first-order valence-electron chi connectivity index (χ1n) is 5.20. The summed E-state index contributed by atoms with van der Waals surface area (Å²) in [5.74, 6) is 0.275. The molecule has 2 heteroatoms. The van der Waals surface area contributed by atoms with Crippen molar-refractivity contribution in [3.63, 3.8) is 0 Å². The highest BCUT2D eigenvalue weighted by Gasteiger charge is 2.35. The van der Waals surface area contributed by atoms with Crippen LogP contribution in [-0.4, -0.2) is 17.0 Å².